The largest absolute Gasteiger partial charge is 0.495 e. The van der Waals surface area contributed by atoms with Crippen molar-refractivity contribution < 1.29 is 27.5 Å². The van der Waals surface area contributed by atoms with Gasteiger partial charge in [0.15, 0.2) is 6.10 Å². The Balaban J connectivity index is 2.22. The molecule has 1 unspecified atom stereocenters. The number of benzene rings is 2. The Morgan fingerprint density at radius 1 is 1.12 bits per heavy atom. The number of rotatable bonds is 9. The molecular weight excluding hydrogens is 456 g/mol. The van der Waals surface area contributed by atoms with Crippen LogP contribution < -0.4 is 10.1 Å². The van der Waals surface area contributed by atoms with Gasteiger partial charge in [0.1, 0.15) is 5.75 Å². The molecule has 8 nitrogen and oxygen atoms in total. The molecule has 2 aromatic carbocycles. The number of hydrogen-bond acceptors (Lipinski definition) is 6. The summed E-state index contributed by atoms with van der Waals surface area (Å²) in [6, 6.07) is 8.98. The number of methoxy groups -OCH3 is 1. The Morgan fingerprint density at radius 2 is 1.78 bits per heavy atom. The third kappa shape index (κ3) is 5.79. The monoisotopic (exact) mass is 482 g/mol. The molecule has 1 atom stereocenters. The summed E-state index contributed by atoms with van der Waals surface area (Å²) < 4.78 is 37.4. The van der Waals surface area contributed by atoms with Crippen molar-refractivity contribution in [2.75, 3.05) is 25.5 Å². The van der Waals surface area contributed by atoms with Crippen LogP contribution in [0, 0.1) is 6.92 Å². The molecule has 2 rings (SSSR count). The summed E-state index contributed by atoms with van der Waals surface area (Å²) in [5, 5.41) is 3.01. The molecule has 1 amide bonds. The van der Waals surface area contributed by atoms with Crippen LogP contribution in [0.5, 0.6) is 5.75 Å². The molecule has 0 aliphatic rings. The Bertz CT molecular complexity index is 1100. The summed E-state index contributed by atoms with van der Waals surface area (Å²) in [6.45, 7) is 7.15. The highest BCUT2D eigenvalue weighted by Gasteiger charge is 2.26. The van der Waals surface area contributed by atoms with Gasteiger partial charge in [-0.2, -0.15) is 4.31 Å². The van der Waals surface area contributed by atoms with E-state index >= 15 is 0 Å². The highest BCUT2D eigenvalue weighted by molar-refractivity contribution is 7.89. The van der Waals surface area contributed by atoms with E-state index in [-0.39, 0.29) is 10.5 Å². The number of aryl methyl sites for hydroxylation is 1. The lowest BCUT2D eigenvalue weighted by Gasteiger charge is -2.19. The number of anilines is 1. The van der Waals surface area contributed by atoms with E-state index in [1.54, 1.807) is 32.9 Å². The van der Waals surface area contributed by atoms with E-state index in [9.17, 15) is 18.0 Å². The molecule has 0 aliphatic carbocycles. The number of amides is 1. The first-order chi connectivity index (χ1) is 15.0. The van der Waals surface area contributed by atoms with E-state index in [1.165, 1.54) is 42.6 Å². The lowest BCUT2D eigenvalue weighted by Crippen LogP contribution is -2.31. The van der Waals surface area contributed by atoms with Crippen molar-refractivity contribution in [2.24, 2.45) is 0 Å². The van der Waals surface area contributed by atoms with Crippen molar-refractivity contribution in [3.05, 3.63) is 52.5 Å². The van der Waals surface area contributed by atoms with Gasteiger partial charge in [0.05, 0.1) is 23.3 Å². The third-order valence-electron chi connectivity index (χ3n) is 4.84. The maximum absolute atomic E-state index is 12.8. The summed E-state index contributed by atoms with van der Waals surface area (Å²) in [5.74, 6) is -1.00. The fraction of sp³-hybridized carbons (Fsp3) is 0.364. The predicted molar refractivity (Wildman–Crippen MR) is 123 cm³/mol. The van der Waals surface area contributed by atoms with Gasteiger partial charge in [0.25, 0.3) is 5.91 Å². The van der Waals surface area contributed by atoms with Gasteiger partial charge in [0.2, 0.25) is 10.0 Å². The Morgan fingerprint density at radius 3 is 2.38 bits per heavy atom. The van der Waals surface area contributed by atoms with Crippen molar-refractivity contribution in [3.63, 3.8) is 0 Å². The van der Waals surface area contributed by atoms with Gasteiger partial charge in [-0.05, 0) is 49.7 Å². The summed E-state index contributed by atoms with van der Waals surface area (Å²) in [6.07, 6.45) is -1.16. The van der Waals surface area contributed by atoms with E-state index in [0.29, 0.717) is 35.1 Å². The second kappa shape index (κ2) is 10.8. The molecular formula is C22H27ClN2O6S. The normalized spacial score (nSPS) is 12.3. The van der Waals surface area contributed by atoms with Crippen LogP contribution in [0.3, 0.4) is 0 Å². The zero-order valence-electron chi connectivity index (χ0n) is 18.6. The maximum Gasteiger partial charge on any atom is 0.339 e. The van der Waals surface area contributed by atoms with Gasteiger partial charge < -0.3 is 14.8 Å². The van der Waals surface area contributed by atoms with Gasteiger partial charge in [-0.25, -0.2) is 13.2 Å². The summed E-state index contributed by atoms with van der Waals surface area (Å²) in [5.41, 5.74) is 0.923. The van der Waals surface area contributed by atoms with Crippen molar-refractivity contribution in [2.45, 2.75) is 38.7 Å². The second-order valence-corrected chi connectivity index (χ2v) is 9.32. The number of nitrogens with zero attached hydrogens (tertiary/aromatic N) is 1. The van der Waals surface area contributed by atoms with Crippen molar-refractivity contribution in [1.82, 2.24) is 4.31 Å². The average Bonchev–Trinajstić information content (AvgIpc) is 2.74. The van der Waals surface area contributed by atoms with E-state index in [4.69, 9.17) is 21.1 Å². The van der Waals surface area contributed by atoms with Crippen LogP contribution in [0.25, 0.3) is 0 Å². The molecule has 0 aromatic heterocycles. The molecule has 0 saturated heterocycles. The molecule has 174 valence electrons. The molecule has 0 bridgehead atoms. The highest BCUT2D eigenvalue weighted by Crippen LogP contribution is 2.28. The molecule has 32 heavy (non-hydrogen) atoms. The number of ether oxygens (including phenoxy) is 2. The summed E-state index contributed by atoms with van der Waals surface area (Å²) >= 11 is 5.97. The van der Waals surface area contributed by atoms with Gasteiger partial charge in [-0.15, -0.1) is 0 Å². The number of nitrogens with one attached hydrogen (secondary N) is 1. The van der Waals surface area contributed by atoms with Crippen LogP contribution in [0.2, 0.25) is 5.02 Å². The van der Waals surface area contributed by atoms with E-state index in [1.807, 2.05) is 0 Å². The van der Waals surface area contributed by atoms with Gasteiger partial charge in [0, 0.05) is 18.1 Å². The zero-order chi connectivity index (χ0) is 24.1. The number of halogens is 1. The standard InChI is InChI=1S/C22H27ClN2O6S/c1-6-25(7-2)32(28,29)17-10-8-14(3)18(13-17)22(27)31-15(4)21(26)24-19-12-16(23)9-11-20(19)30-5/h8-13,15H,6-7H2,1-5H3,(H,24,26). The first-order valence-corrected chi connectivity index (χ1v) is 11.8. The summed E-state index contributed by atoms with van der Waals surface area (Å²) in [4.78, 5) is 25.3. The molecule has 0 radical (unpaired) electrons. The molecule has 0 saturated carbocycles. The molecule has 0 fully saturated rings. The smallest absolute Gasteiger partial charge is 0.339 e. The Labute approximate surface area is 193 Å². The second-order valence-electron chi connectivity index (χ2n) is 6.95. The SMILES string of the molecule is CCN(CC)S(=O)(=O)c1ccc(C)c(C(=O)OC(C)C(=O)Nc2cc(Cl)ccc2OC)c1. The zero-order valence-corrected chi connectivity index (χ0v) is 20.2. The van der Waals surface area contributed by atoms with Gasteiger partial charge in [-0.3, -0.25) is 4.79 Å². The van der Waals surface area contributed by atoms with Gasteiger partial charge >= 0.3 is 5.97 Å². The van der Waals surface area contributed by atoms with E-state index in [0.717, 1.165) is 0 Å². The molecule has 0 spiro atoms. The van der Waals surface area contributed by atoms with E-state index in [2.05, 4.69) is 5.32 Å². The molecule has 1 N–H and O–H groups in total. The Kier molecular flexibility index (Phi) is 8.65. The van der Waals surface area contributed by atoms with Crippen LogP contribution in [-0.4, -0.2) is 50.9 Å². The topological polar surface area (TPSA) is 102 Å². The average molecular weight is 483 g/mol. The van der Waals surface area contributed by atoms with Crippen LogP contribution >= 0.6 is 11.6 Å². The maximum atomic E-state index is 12.8. The molecule has 2 aromatic rings. The van der Waals surface area contributed by atoms with Crippen LogP contribution in [0.4, 0.5) is 5.69 Å². The minimum Gasteiger partial charge on any atom is -0.495 e. The number of esters is 1. The Hall–Kier alpha value is -2.62. The summed E-state index contributed by atoms with van der Waals surface area (Å²) in [7, 11) is -2.30. The highest BCUT2D eigenvalue weighted by atomic mass is 35.5. The number of carbonyl (C=O) groups excluding carboxylic acids is 2. The van der Waals surface area contributed by atoms with Crippen LogP contribution in [0.1, 0.15) is 36.7 Å². The van der Waals surface area contributed by atoms with Crippen LogP contribution in [-0.2, 0) is 19.6 Å². The minimum absolute atomic E-state index is 0.0143. The fourth-order valence-corrected chi connectivity index (χ4v) is 4.64. The van der Waals surface area contributed by atoms with Crippen molar-refractivity contribution in [1.29, 1.82) is 0 Å². The van der Waals surface area contributed by atoms with Crippen LogP contribution in [0.15, 0.2) is 41.3 Å². The van der Waals surface area contributed by atoms with Crippen molar-refractivity contribution in [3.8, 4) is 5.75 Å². The van der Waals surface area contributed by atoms with E-state index < -0.39 is 28.0 Å². The first kappa shape index (κ1) is 25.6. The minimum atomic E-state index is -3.75. The third-order valence-corrected chi connectivity index (χ3v) is 7.13. The quantitative estimate of drug-likeness (QED) is 0.544. The lowest BCUT2D eigenvalue weighted by molar-refractivity contribution is -0.123. The fourth-order valence-electron chi connectivity index (χ4n) is 2.98. The van der Waals surface area contributed by atoms with Gasteiger partial charge in [-0.1, -0.05) is 31.5 Å². The number of sulfonamides is 1. The molecule has 10 heteroatoms. The molecule has 0 aliphatic heterocycles. The first-order valence-electron chi connectivity index (χ1n) is 10.0. The predicted octanol–water partition coefficient (Wildman–Crippen LogP) is 3.87. The molecule has 0 heterocycles. The lowest BCUT2D eigenvalue weighted by atomic mass is 10.1. The number of hydrogen-bond donors (Lipinski definition) is 1. The number of carbonyl (C=O) groups is 2. The van der Waals surface area contributed by atoms with Crippen molar-refractivity contribution >= 4 is 39.2 Å².